The second-order valence-electron chi connectivity index (χ2n) is 2.75. The number of pyridine rings is 1. The van der Waals surface area contributed by atoms with Crippen molar-refractivity contribution in [3.63, 3.8) is 0 Å². The molecule has 64 valence electrons. The van der Waals surface area contributed by atoms with E-state index in [1.54, 1.807) is 6.20 Å². The molecule has 1 heterocycles. The molecular formula is C10H13NO. The zero-order valence-corrected chi connectivity index (χ0v) is 7.29. The number of carbonyl (C=O) groups excluding carboxylic acids is 1. The molecule has 0 aromatic carbocycles. The van der Waals surface area contributed by atoms with Crippen LogP contribution in [0.3, 0.4) is 0 Å². The van der Waals surface area contributed by atoms with E-state index in [2.05, 4.69) is 4.98 Å². The minimum atomic E-state index is 0.318. The van der Waals surface area contributed by atoms with Crippen molar-refractivity contribution in [2.24, 2.45) is 0 Å². The second kappa shape index (κ2) is 4.65. The molecule has 0 bridgehead atoms. The van der Waals surface area contributed by atoms with Crippen molar-refractivity contribution in [2.75, 3.05) is 0 Å². The first-order valence-electron chi connectivity index (χ1n) is 4.23. The van der Waals surface area contributed by atoms with Gasteiger partial charge in [-0.05, 0) is 18.1 Å². The van der Waals surface area contributed by atoms with Crippen molar-refractivity contribution in [1.29, 1.82) is 0 Å². The van der Waals surface area contributed by atoms with Gasteiger partial charge in [-0.1, -0.05) is 13.0 Å². The topological polar surface area (TPSA) is 30.0 Å². The number of rotatable bonds is 4. The Labute approximate surface area is 72.6 Å². The number of hydrogen-bond donors (Lipinski definition) is 0. The van der Waals surface area contributed by atoms with Gasteiger partial charge >= 0.3 is 0 Å². The van der Waals surface area contributed by atoms with E-state index in [1.165, 1.54) is 0 Å². The molecule has 0 saturated heterocycles. The summed E-state index contributed by atoms with van der Waals surface area (Å²) in [6.07, 6.45) is 5.65. The van der Waals surface area contributed by atoms with E-state index in [-0.39, 0.29) is 0 Å². The summed E-state index contributed by atoms with van der Waals surface area (Å²) < 4.78 is 0. The van der Waals surface area contributed by atoms with Gasteiger partial charge in [0.05, 0.1) is 0 Å². The molecule has 1 aromatic heterocycles. The largest absolute Gasteiger partial charge is 0.300 e. The van der Waals surface area contributed by atoms with Crippen molar-refractivity contribution in [3.05, 3.63) is 30.1 Å². The first-order valence-corrected chi connectivity index (χ1v) is 4.23. The Hall–Kier alpha value is -1.18. The van der Waals surface area contributed by atoms with Crippen LogP contribution in [0, 0.1) is 0 Å². The van der Waals surface area contributed by atoms with Gasteiger partial charge in [0.1, 0.15) is 5.78 Å². The molecule has 0 fully saturated rings. The molecule has 12 heavy (non-hydrogen) atoms. The maximum Gasteiger partial charge on any atom is 0.132 e. The molecule has 0 aliphatic carbocycles. The number of aryl methyl sites for hydroxylation is 1. The van der Waals surface area contributed by atoms with Crippen LogP contribution < -0.4 is 0 Å². The predicted molar refractivity (Wildman–Crippen MR) is 47.9 cm³/mol. The number of Topliss-reactive ketones (excluding diaryl/α,β-unsaturated/α-hetero) is 1. The van der Waals surface area contributed by atoms with E-state index in [0.717, 1.165) is 12.0 Å². The van der Waals surface area contributed by atoms with Crippen molar-refractivity contribution >= 4 is 5.78 Å². The lowest BCUT2D eigenvalue weighted by atomic mass is 10.1. The molecule has 0 aliphatic heterocycles. The standard InChI is InChI=1S/C10H13NO/c1-2-10(12)6-5-9-4-3-7-11-8-9/h3-4,7-8H,2,5-6H2,1H3. The van der Waals surface area contributed by atoms with Crippen LogP contribution >= 0.6 is 0 Å². The van der Waals surface area contributed by atoms with Gasteiger partial charge in [0, 0.05) is 25.2 Å². The summed E-state index contributed by atoms with van der Waals surface area (Å²) in [5.74, 6) is 0.318. The SMILES string of the molecule is CCC(=O)CCc1cccnc1. The Kier molecular flexibility index (Phi) is 3.45. The van der Waals surface area contributed by atoms with Gasteiger partial charge in [0.15, 0.2) is 0 Å². The van der Waals surface area contributed by atoms with Gasteiger partial charge < -0.3 is 0 Å². The minimum absolute atomic E-state index is 0.318. The third kappa shape index (κ3) is 2.82. The Morgan fingerprint density at radius 3 is 3.00 bits per heavy atom. The first-order chi connectivity index (χ1) is 5.83. The molecule has 1 aromatic rings. The molecule has 0 spiro atoms. The number of hydrogen-bond acceptors (Lipinski definition) is 2. The van der Waals surface area contributed by atoms with Gasteiger partial charge in [0.2, 0.25) is 0 Å². The Bertz CT molecular complexity index is 243. The fourth-order valence-corrected chi connectivity index (χ4v) is 1.01. The zero-order chi connectivity index (χ0) is 8.81. The highest BCUT2D eigenvalue weighted by molar-refractivity contribution is 5.78. The zero-order valence-electron chi connectivity index (χ0n) is 7.29. The summed E-state index contributed by atoms with van der Waals surface area (Å²) in [6.45, 7) is 1.89. The average Bonchev–Trinajstić information content (AvgIpc) is 2.16. The lowest BCUT2D eigenvalue weighted by Gasteiger charge is -1.97. The van der Waals surface area contributed by atoms with Crippen LogP contribution in [-0.4, -0.2) is 10.8 Å². The molecule has 0 saturated carbocycles. The summed E-state index contributed by atoms with van der Waals surface area (Å²) >= 11 is 0. The molecule has 0 atom stereocenters. The molecule has 0 amide bonds. The molecular weight excluding hydrogens is 150 g/mol. The number of ketones is 1. The number of nitrogens with zero attached hydrogens (tertiary/aromatic N) is 1. The van der Waals surface area contributed by atoms with E-state index in [9.17, 15) is 4.79 Å². The van der Waals surface area contributed by atoms with Crippen LogP contribution in [0.2, 0.25) is 0 Å². The third-order valence-electron chi connectivity index (χ3n) is 1.81. The van der Waals surface area contributed by atoms with Crippen LogP contribution in [-0.2, 0) is 11.2 Å². The van der Waals surface area contributed by atoms with Gasteiger partial charge in [-0.25, -0.2) is 0 Å². The van der Waals surface area contributed by atoms with Crippen molar-refractivity contribution < 1.29 is 4.79 Å². The lowest BCUT2D eigenvalue weighted by Crippen LogP contribution is -1.97. The highest BCUT2D eigenvalue weighted by Gasteiger charge is 1.98. The molecule has 2 heteroatoms. The Morgan fingerprint density at radius 2 is 2.42 bits per heavy atom. The van der Waals surface area contributed by atoms with E-state index >= 15 is 0 Å². The maximum atomic E-state index is 11.0. The average molecular weight is 163 g/mol. The molecule has 0 aliphatic rings. The number of carbonyl (C=O) groups is 1. The fourth-order valence-electron chi connectivity index (χ4n) is 1.01. The smallest absolute Gasteiger partial charge is 0.132 e. The van der Waals surface area contributed by atoms with Crippen LogP contribution in [0.25, 0.3) is 0 Å². The monoisotopic (exact) mass is 163 g/mol. The van der Waals surface area contributed by atoms with Crippen molar-refractivity contribution in [1.82, 2.24) is 4.98 Å². The van der Waals surface area contributed by atoms with Gasteiger partial charge in [-0.3, -0.25) is 9.78 Å². The van der Waals surface area contributed by atoms with Crippen LogP contribution in [0.15, 0.2) is 24.5 Å². The normalized spacial score (nSPS) is 9.75. The fraction of sp³-hybridized carbons (Fsp3) is 0.400. The van der Waals surface area contributed by atoms with Crippen LogP contribution in [0.5, 0.6) is 0 Å². The quantitative estimate of drug-likeness (QED) is 0.679. The minimum Gasteiger partial charge on any atom is -0.300 e. The third-order valence-corrected chi connectivity index (χ3v) is 1.81. The van der Waals surface area contributed by atoms with Crippen molar-refractivity contribution in [2.45, 2.75) is 26.2 Å². The molecule has 2 nitrogen and oxygen atoms in total. The molecule has 0 N–H and O–H groups in total. The Balaban J connectivity index is 2.38. The highest BCUT2D eigenvalue weighted by atomic mass is 16.1. The Morgan fingerprint density at radius 1 is 1.58 bits per heavy atom. The summed E-state index contributed by atoms with van der Waals surface area (Å²) in [5.41, 5.74) is 1.14. The summed E-state index contributed by atoms with van der Waals surface area (Å²) in [7, 11) is 0. The number of aromatic nitrogens is 1. The molecule has 1 rings (SSSR count). The van der Waals surface area contributed by atoms with Crippen LogP contribution in [0.4, 0.5) is 0 Å². The summed E-state index contributed by atoms with van der Waals surface area (Å²) in [4.78, 5) is 14.9. The maximum absolute atomic E-state index is 11.0. The van der Waals surface area contributed by atoms with E-state index in [1.807, 2.05) is 25.3 Å². The predicted octanol–water partition coefficient (Wildman–Crippen LogP) is 1.99. The highest BCUT2D eigenvalue weighted by Crippen LogP contribution is 2.01. The van der Waals surface area contributed by atoms with E-state index < -0.39 is 0 Å². The van der Waals surface area contributed by atoms with Crippen LogP contribution in [0.1, 0.15) is 25.3 Å². The van der Waals surface area contributed by atoms with Crippen molar-refractivity contribution in [3.8, 4) is 0 Å². The van der Waals surface area contributed by atoms with Gasteiger partial charge in [-0.2, -0.15) is 0 Å². The lowest BCUT2D eigenvalue weighted by molar-refractivity contribution is -0.118. The summed E-state index contributed by atoms with van der Waals surface area (Å²) in [6, 6.07) is 3.89. The summed E-state index contributed by atoms with van der Waals surface area (Å²) in [5, 5.41) is 0. The molecule has 0 radical (unpaired) electrons. The van der Waals surface area contributed by atoms with E-state index in [0.29, 0.717) is 18.6 Å². The second-order valence-corrected chi connectivity index (χ2v) is 2.75. The molecule has 0 unspecified atom stereocenters. The first kappa shape index (κ1) is 8.91. The van der Waals surface area contributed by atoms with Gasteiger partial charge in [-0.15, -0.1) is 0 Å². The van der Waals surface area contributed by atoms with E-state index in [4.69, 9.17) is 0 Å². The van der Waals surface area contributed by atoms with Gasteiger partial charge in [0.25, 0.3) is 0 Å².